The fourth-order valence-corrected chi connectivity index (χ4v) is 3.15. The Bertz CT molecular complexity index is 508. The Labute approximate surface area is 109 Å². The molecule has 1 aliphatic heterocycles. The van der Waals surface area contributed by atoms with Gasteiger partial charge in [0.1, 0.15) is 10.7 Å². The van der Waals surface area contributed by atoms with Crippen molar-refractivity contribution in [1.82, 2.24) is 20.1 Å². The zero-order valence-electron chi connectivity index (χ0n) is 9.87. The highest BCUT2D eigenvalue weighted by atomic mass is 32.1. The quantitative estimate of drug-likeness (QED) is 0.902. The van der Waals surface area contributed by atoms with Crippen LogP contribution in [-0.4, -0.2) is 32.5 Å². The summed E-state index contributed by atoms with van der Waals surface area (Å²) in [6.45, 7) is 0.794. The number of aromatic nitrogens is 3. The third kappa shape index (κ3) is 2.03. The molecule has 0 saturated carbocycles. The van der Waals surface area contributed by atoms with E-state index in [1.807, 2.05) is 10.3 Å². The molecule has 94 valence electrons. The van der Waals surface area contributed by atoms with Crippen molar-refractivity contribution in [3.63, 3.8) is 0 Å². The van der Waals surface area contributed by atoms with Crippen LogP contribution in [0.3, 0.4) is 0 Å². The number of nitrogens with one attached hydrogen (secondary N) is 1. The number of nitrogens with zero attached hydrogens (tertiary/aromatic N) is 3. The molecule has 1 amide bonds. The first kappa shape index (κ1) is 11.4. The minimum atomic E-state index is 0.0207. The molecule has 0 aliphatic carbocycles. The lowest BCUT2D eigenvalue weighted by Gasteiger charge is -2.34. The molecular weight excluding hydrogens is 248 g/mol. The van der Waals surface area contributed by atoms with Crippen molar-refractivity contribution in [1.29, 1.82) is 0 Å². The van der Waals surface area contributed by atoms with Crippen LogP contribution >= 0.6 is 11.3 Å². The van der Waals surface area contributed by atoms with Crippen LogP contribution in [0.25, 0.3) is 0 Å². The van der Waals surface area contributed by atoms with Crippen LogP contribution in [0.5, 0.6) is 0 Å². The van der Waals surface area contributed by atoms with Gasteiger partial charge in [0.25, 0.3) is 5.91 Å². The number of hydrogen-bond acceptors (Lipinski definition) is 4. The van der Waals surface area contributed by atoms with Gasteiger partial charge in [-0.15, -0.1) is 11.3 Å². The van der Waals surface area contributed by atoms with Crippen molar-refractivity contribution in [3.05, 3.63) is 34.5 Å². The van der Waals surface area contributed by atoms with Crippen LogP contribution in [0.4, 0.5) is 0 Å². The molecule has 3 rings (SSSR count). The molecule has 1 saturated heterocycles. The number of carbonyl (C=O) groups excluding carboxylic acids is 1. The van der Waals surface area contributed by atoms with Crippen LogP contribution in [0, 0.1) is 0 Å². The molecule has 0 bridgehead atoms. The summed E-state index contributed by atoms with van der Waals surface area (Å²) < 4.78 is 0. The molecule has 6 heteroatoms. The monoisotopic (exact) mass is 262 g/mol. The van der Waals surface area contributed by atoms with E-state index >= 15 is 0 Å². The van der Waals surface area contributed by atoms with Crippen LogP contribution in [0.15, 0.2) is 23.8 Å². The second-order valence-electron chi connectivity index (χ2n) is 4.35. The van der Waals surface area contributed by atoms with Crippen molar-refractivity contribution in [2.24, 2.45) is 0 Å². The molecule has 18 heavy (non-hydrogen) atoms. The van der Waals surface area contributed by atoms with Crippen molar-refractivity contribution in [3.8, 4) is 0 Å². The van der Waals surface area contributed by atoms with Gasteiger partial charge in [0.15, 0.2) is 0 Å². The first-order valence-corrected chi connectivity index (χ1v) is 6.94. The lowest BCUT2D eigenvalue weighted by molar-refractivity contribution is 0.0605. The predicted octanol–water partition coefficient (Wildman–Crippen LogP) is 2.23. The number of piperidine rings is 1. The van der Waals surface area contributed by atoms with E-state index in [9.17, 15) is 4.79 Å². The van der Waals surface area contributed by atoms with Gasteiger partial charge in [-0.3, -0.25) is 9.89 Å². The number of thiazole rings is 1. The van der Waals surface area contributed by atoms with Gasteiger partial charge in [-0.1, -0.05) is 0 Å². The smallest absolute Gasteiger partial charge is 0.272 e. The first-order valence-electron chi connectivity index (χ1n) is 6.06. The molecule has 0 aromatic carbocycles. The zero-order chi connectivity index (χ0) is 12.4. The lowest BCUT2D eigenvalue weighted by Crippen LogP contribution is -2.38. The number of amides is 1. The number of likely N-dealkylation sites (tertiary alicyclic amines) is 1. The summed E-state index contributed by atoms with van der Waals surface area (Å²) in [7, 11) is 0. The summed E-state index contributed by atoms with van der Waals surface area (Å²) in [4.78, 5) is 18.7. The Morgan fingerprint density at radius 1 is 1.44 bits per heavy atom. The summed E-state index contributed by atoms with van der Waals surface area (Å²) in [5.41, 5.74) is 0.554. The van der Waals surface area contributed by atoms with E-state index in [2.05, 4.69) is 15.2 Å². The van der Waals surface area contributed by atoms with Crippen LogP contribution < -0.4 is 0 Å². The molecule has 0 radical (unpaired) electrons. The number of hydrogen-bond donors (Lipinski definition) is 1. The third-order valence-electron chi connectivity index (χ3n) is 3.23. The number of rotatable bonds is 2. The fraction of sp³-hybridized carbons (Fsp3) is 0.417. The van der Waals surface area contributed by atoms with Crippen LogP contribution in [0.2, 0.25) is 0 Å². The van der Waals surface area contributed by atoms with Crippen LogP contribution in [-0.2, 0) is 0 Å². The van der Waals surface area contributed by atoms with Gasteiger partial charge < -0.3 is 4.90 Å². The molecule has 2 aromatic heterocycles. The SMILES string of the molecule is O=C(c1ccn[nH]1)N1CCCC[C@H]1c1nccs1. The Morgan fingerprint density at radius 3 is 3.11 bits per heavy atom. The second kappa shape index (κ2) is 4.89. The Balaban J connectivity index is 1.86. The van der Waals surface area contributed by atoms with Crippen molar-refractivity contribution in [2.75, 3.05) is 6.54 Å². The molecular formula is C12H14N4OS. The average Bonchev–Trinajstić information content (AvgIpc) is 3.11. The summed E-state index contributed by atoms with van der Waals surface area (Å²) in [6, 6.07) is 1.84. The van der Waals surface area contributed by atoms with E-state index in [1.54, 1.807) is 29.8 Å². The van der Waals surface area contributed by atoms with E-state index < -0.39 is 0 Å². The summed E-state index contributed by atoms with van der Waals surface area (Å²) in [5.74, 6) is 0.0207. The standard InChI is InChI=1S/C12H14N4OS/c17-12(9-4-5-14-15-9)16-7-2-1-3-10(16)11-13-6-8-18-11/h4-6,8,10H,1-3,7H2,(H,14,15)/t10-/m0/s1. The van der Waals surface area contributed by atoms with E-state index in [1.165, 1.54) is 0 Å². The van der Waals surface area contributed by atoms with Gasteiger partial charge in [-0.2, -0.15) is 5.10 Å². The van der Waals surface area contributed by atoms with Gasteiger partial charge in [0.2, 0.25) is 0 Å². The molecule has 0 spiro atoms. The zero-order valence-corrected chi connectivity index (χ0v) is 10.7. The van der Waals surface area contributed by atoms with E-state index in [0.717, 1.165) is 30.8 Å². The molecule has 1 atom stereocenters. The van der Waals surface area contributed by atoms with Gasteiger partial charge in [-0.25, -0.2) is 4.98 Å². The maximum atomic E-state index is 12.4. The molecule has 0 unspecified atom stereocenters. The van der Waals surface area contributed by atoms with E-state index in [-0.39, 0.29) is 11.9 Å². The molecule has 2 aromatic rings. The van der Waals surface area contributed by atoms with Crippen molar-refractivity contribution >= 4 is 17.2 Å². The minimum absolute atomic E-state index is 0.0207. The van der Waals surface area contributed by atoms with E-state index in [0.29, 0.717) is 5.69 Å². The number of H-pyrrole nitrogens is 1. The largest absolute Gasteiger partial charge is 0.328 e. The third-order valence-corrected chi connectivity index (χ3v) is 4.11. The van der Waals surface area contributed by atoms with Crippen LogP contribution in [0.1, 0.15) is 40.8 Å². The molecule has 1 aliphatic rings. The minimum Gasteiger partial charge on any atom is -0.328 e. The normalized spacial score (nSPS) is 20.0. The first-order chi connectivity index (χ1) is 8.86. The van der Waals surface area contributed by atoms with Gasteiger partial charge in [0.05, 0.1) is 6.04 Å². The Kier molecular flexibility index (Phi) is 3.10. The van der Waals surface area contributed by atoms with Gasteiger partial charge in [0, 0.05) is 24.3 Å². The predicted molar refractivity (Wildman–Crippen MR) is 68.3 cm³/mol. The van der Waals surface area contributed by atoms with Gasteiger partial charge >= 0.3 is 0 Å². The highest BCUT2D eigenvalue weighted by Crippen LogP contribution is 2.32. The highest BCUT2D eigenvalue weighted by Gasteiger charge is 2.30. The van der Waals surface area contributed by atoms with E-state index in [4.69, 9.17) is 0 Å². The molecule has 3 heterocycles. The van der Waals surface area contributed by atoms with Crippen molar-refractivity contribution < 1.29 is 4.79 Å². The number of carbonyl (C=O) groups is 1. The summed E-state index contributed by atoms with van der Waals surface area (Å²) >= 11 is 1.62. The maximum Gasteiger partial charge on any atom is 0.272 e. The Morgan fingerprint density at radius 2 is 2.39 bits per heavy atom. The summed E-state index contributed by atoms with van der Waals surface area (Å²) in [5, 5.41) is 9.57. The topological polar surface area (TPSA) is 61.9 Å². The highest BCUT2D eigenvalue weighted by molar-refractivity contribution is 7.09. The number of aromatic amines is 1. The second-order valence-corrected chi connectivity index (χ2v) is 5.28. The summed E-state index contributed by atoms with van der Waals surface area (Å²) in [6.07, 6.45) is 6.61. The molecule has 1 N–H and O–H groups in total. The molecule has 1 fully saturated rings. The average molecular weight is 262 g/mol. The lowest BCUT2D eigenvalue weighted by atomic mass is 10.0. The van der Waals surface area contributed by atoms with Crippen molar-refractivity contribution in [2.45, 2.75) is 25.3 Å². The Hall–Kier alpha value is -1.69. The van der Waals surface area contributed by atoms with Gasteiger partial charge in [-0.05, 0) is 25.3 Å². The molecule has 5 nitrogen and oxygen atoms in total. The maximum absolute atomic E-state index is 12.4. The fourth-order valence-electron chi connectivity index (χ4n) is 2.36.